The molecule has 1 aromatic heterocycles. The molecule has 2 heterocycles. The van der Waals surface area contributed by atoms with Crippen molar-refractivity contribution in [1.82, 2.24) is 9.55 Å². The third-order valence-corrected chi connectivity index (χ3v) is 7.31. The normalized spacial score (nSPS) is 26.8. The fraction of sp³-hybridized carbons (Fsp3) is 0.522. The summed E-state index contributed by atoms with van der Waals surface area (Å²) in [7, 11) is -4.68. The van der Waals surface area contributed by atoms with E-state index >= 15 is 0 Å². The minimum atomic E-state index is -4.68. The quantitative estimate of drug-likeness (QED) is 0.269. The highest BCUT2D eigenvalue weighted by Crippen LogP contribution is 2.51. The van der Waals surface area contributed by atoms with E-state index in [1.54, 1.807) is 24.9 Å². The molecular formula is C23H29F2N2O10P. The smallest absolute Gasteiger partial charge is 0.380 e. The SMILES string of the molecule is [2H]C([2H])(O[P@](=O)(C[C@@H](C)C(=O)OC(C)C)Oc1ccccc1)[C@H]1O[C@@H](n2cc(F)c(=O)[nH]c2=O)C(O)(CF)[C@H]1O. The molecule has 1 aliphatic rings. The summed E-state index contributed by atoms with van der Waals surface area (Å²) in [6.07, 6.45) is -8.03. The van der Waals surface area contributed by atoms with Gasteiger partial charge in [-0.25, -0.2) is 13.8 Å². The predicted octanol–water partition coefficient (Wildman–Crippen LogP) is 1.51. The standard InChI is InChI=1S/C23H29F2N2O10P/c1-13(2)35-20(30)14(3)11-38(33,37-15-7-5-4-6-8-15)34-10-17-18(28)23(32,12-24)21(36-17)27-9-16(25)19(29)26-22(27)31/h4-9,13-14,17-18,21,28,32H,10-12H2,1-3H3,(H,26,29,31)/t14-,17-,18+,21-,23?,38-/m1/s1/i10D2. The lowest BCUT2D eigenvalue weighted by Gasteiger charge is -2.28. The number of carbonyl (C=O) groups is 1. The number of H-pyrrole nitrogens is 1. The van der Waals surface area contributed by atoms with Crippen LogP contribution in [0.3, 0.4) is 0 Å². The molecule has 15 heteroatoms. The van der Waals surface area contributed by atoms with Crippen LogP contribution in [-0.2, 0) is 23.4 Å². The average Bonchev–Trinajstić information content (AvgIpc) is 3.12. The number of nitrogens with zero attached hydrogens (tertiary/aromatic N) is 1. The fourth-order valence-corrected chi connectivity index (χ4v) is 5.26. The Morgan fingerprint density at radius 3 is 2.58 bits per heavy atom. The van der Waals surface area contributed by atoms with Crippen molar-refractivity contribution >= 4 is 13.6 Å². The summed E-state index contributed by atoms with van der Waals surface area (Å²) in [4.78, 5) is 37.6. The van der Waals surface area contributed by atoms with E-state index < -0.39 is 86.1 Å². The summed E-state index contributed by atoms with van der Waals surface area (Å²) in [6, 6.07) is 7.39. The minimum Gasteiger partial charge on any atom is -0.463 e. The number of hydrogen-bond donors (Lipinski definition) is 3. The zero-order valence-corrected chi connectivity index (χ0v) is 21.5. The Hall–Kier alpha value is -2.90. The molecule has 1 saturated heterocycles. The van der Waals surface area contributed by atoms with Gasteiger partial charge in [-0.15, -0.1) is 0 Å². The van der Waals surface area contributed by atoms with Gasteiger partial charge in [0.1, 0.15) is 24.6 Å². The second-order valence-electron chi connectivity index (χ2n) is 8.92. The molecule has 0 radical (unpaired) electrons. The highest BCUT2D eigenvalue weighted by atomic mass is 31.2. The summed E-state index contributed by atoms with van der Waals surface area (Å²) >= 11 is 0. The number of halogens is 2. The number of alkyl halides is 1. The van der Waals surface area contributed by atoms with Gasteiger partial charge >= 0.3 is 19.3 Å². The zero-order chi connectivity index (χ0) is 30.0. The number of esters is 1. The molecule has 0 bridgehead atoms. The highest BCUT2D eigenvalue weighted by molar-refractivity contribution is 7.54. The molecule has 12 nitrogen and oxygen atoms in total. The summed E-state index contributed by atoms with van der Waals surface area (Å²) in [5, 5.41) is 21.6. The number of aromatic nitrogens is 2. The Bertz CT molecular complexity index is 1380. The molecule has 1 fully saturated rings. The van der Waals surface area contributed by atoms with Crippen LogP contribution in [0.2, 0.25) is 0 Å². The van der Waals surface area contributed by atoms with Gasteiger partial charge in [-0.1, -0.05) is 25.1 Å². The minimum absolute atomic E-state index is 0.0349. The van der Waals surface area contributed by atoms with E-state index in [1.807, 2.05) is 0 Å². The first kappa shape index (κ1) is 26.7. The Balaban J connectivity index is 1.98. The molecule has 38 heavy (non-hydrogen) atoms. The molecule has 1 aliphatic heterocycles. The first-order chi connectivity index (χ1) is 18.5. The number of aliphatic hydroxyl groups excluding tert-OH is 1. The molecule has 6 atom stereocenters. The van der Waals surface area contributed by atoms with Crippen molar-refractivity contribution in [2.45, 2.75) is 50.9 Å². The van der Waals surface area contributed by atoms with Crippen LogP contribution in [0.25, 0.3) is 0 Å². The van der Waals surface area contributed by atoms with Crippen molar-refractivity contribution in [2.75, 3.05) is 19.4 Å². The molecule has 0 amide bonds. The van der Waals surface area contributed by atoms with Crippen LogP contribution in [-0.4, -0.2) is 69.0 Å². The van der Waals surface area contributed by atoms with E-state index in [9.17, 15) is 37.9 Å². The zero-order valence-electron chi connectivity index (χ0n) is 22.6. The molecule has 0 spiro atoms. The summed E-state index contributed by atoms with van der Waals surface area (Å²) < 4.78 is 79.9. The van der Waals surface area contributed by atoms with Gasteiger partial charge in [0, 0.05) is 0 Å². The van der Waals surface area contributed by atoms with E-state index in [1.165, 1.54) is 31.2 Å². The maximum Gasteiger partial charge on any atom is 0.380 e. The Labute approximate surface area is 218 Å². The van der Waals surface area contributed by atoms with Crippen molar-refractivity contribution in [3.8, 4) is 5.75 Å². The van der Waals surface area contributed by atoms with Crippen LogP contribution < -0.4 is 15.8 Å². The molecular weight excluding hydrogens is 533 g/mol. The molecule has 0 aliphatic carbocycles. The molecule has 1 aromatic carbocycles. The topological polar surface area (TPSA) is 166 Å². The third kappa shape index (κ3) is 6.56. The summed E-state index contributed by atoms with van der Waals surface area (Å²) in [5.41, 5.74) is -5.84. The van der Waals surface area contributed by atoms with Crippen LogP contribution in [0, 0.1) is 11.7 Å². The Morgan fingerprint density at radius 1 is 1.32 bits per heavy atom. The Morgan fingerprint density at radius 2 is 1.97 bits per heavy atom. The number of ether oxygens (including phenoxy) is 2. The van der Waals surface area contributed by atoms with Crippen molar-refractivity contribution in [3.05, 3.63) is 63.2 Å². The predicted molar refractivity (Wildman–Crippen MR) is 128 cm³/mol. The number of aliphatic hydroxyl groups is 2. The van der Waals surface area contributed by atoms with Crippen molar-refractivity contribution in [3.63, 3.8) is 0 Å². The molecule has 0 saturated carbocycles. The highest BCUT2D eigenvalue weighted by Gasteiger charge is 2.57. The lowest BCUT2D eigenvalue weighted by atomic mass is 9.95. The number of carbonyl (C=O) groups excluding carboxylic acids is 1. The number of benzene rings is 1. The first-order valence-electron chi connectivity index (χ1n) is 12.4. The van der Waals surface area contributed by atoms with E-state index in [0.717, 1.165) is 0 Å². The molecule has 1 unspecified atom stereocenters. The maximum absolute atomic E-state index is 14.1. The second-order valence-corrected chi connectivity index (χ2v) is 10.9. The van der Waals surface area contributed by atoms with Crippen LogP contribution in [0.15, 0.2) is 46.1 Å². The van der Waals surface area contributed by atoms with Gasteiger partial charge in [0.2, 0.25) is 5.82 Å². The van der Waals surface area contributed by atoms with E-state index in [-0.39, 0.29) is 16.5 Å². The van der Waals surface area contributed by atoms with Gasteiger partial charge < -0.3 is 24.2 Å². The van der Waals surface area contributed by atoms with Gasteiger partial charge in [0.15, 0.2) is 11.8 Å². The number of nitrogens with one attached hydrogen (secondary N) is 1. The first-order valence-corrected chi connectivity index (χ1v) is 13.1. The monoisotopic (exact) mass is 564 g/mol. The lowest BCUT2D eigenvalue weighted by molar-refractivity contribution is -0.151. The molecule has 3 rings (SSSR count). The van der Waals surface area contributed by atoms with Crippen LogP contribution in [0.1, 0.15) is 29.7 Å². The summed E-state index contributed by atoms with van der Waals surface area (Å²) in [5.74, 6) is -3.49. The Kier molecular flexibility index (Phi) is 8.34. The van der Waals surface area contributed by atoms with Gasteiger partial charge in [0.05, 0.1) is 33.7 Å². The maximum atomic E-state index is 14.1. The van der Waals surface area contributed by atoms with Crippen molar-refractivity contribution in [1.29, 1.82) is 0 Å². The number of hydrogen-bond acceptors (Lipinski definition) is 10. The van der Waals surface area contributed by atoms with Crippen molar-refractivity contribution in [2.24, 2.45) is 5.92 Å². The third-order valence-electron chi connectivity index (χ3n) is 5.44. The van der Waals surface area contributed by atoms with E-state index in [0.29, 0.717) is 0 Å². The van der Waals surface area contributed by atoms with Crippen LogP contribution >= 0.6 is 7.60 Å². The van der Waals surface area contributed by atoms with Gasteiger partial charge in [-0.3, -0.25) is 23.7 Å². The van der Waals surface area contributed by atoms with E-state index in [4.69, 9.17) is 21.3 Å². The molecule has 2 aromatic rings. The van der Waals surface area contributed by atoms with Gasteiger partial charge in [-0.05, 0) is 26.0 Å². The number of rotatable bonds is 11. The largest absolute Gasteiger partial charge is 0.463 e. The van der Waals surface area contributed by atoms with Crippen LogP contribution in [0.4, 0.5) is 8.78 Å². The lowest BCUT2D eigenvalue weighted by Crippen LogP contribution is -2.51. The average molecular weight is 564 g/mol. The number of aromatic amines is 1. The summed E-state index contributed by atoms with van der Waals surface area (Å²) in [6.45, 7) is -0.662. The second kappa shape index (κ2) is 11.9. The van der Waals surface area contributed by atoms with Crippen LogP contribution in [0.5, 0.6) is 5.75 Å². The molecule has 3 N–H and O–H groups in total. The number of para-hydroxylation sites is 1. The molecule has 210 valence electrons. The van der Waals surface area contributed by atoms with E-state index in [2.05, 4.69) is 0 Å². The van der Waals surface area contributed by atoms with Gasteiger partial charge in [0.25, 0.3) is 5.56 Å². The fourth-order valence-electron chi connectivity index (χ4n) is 3.54. The van der Waals surface area contributed by atoms with Gasteiger partial charge in [-0.2, -0.15) is 4.39 Å². The van der Waals surface area contributed by atoms with Crippen molar-refractivity contribution < 1.29 is 49.6 Å².